The summed E-state index contributed by atoms with van der Waals surface area (Å²) in [5, 5.41) is 12.4. The van der Waals surface area contributed by atoms with Gasteiger partial charge in [0, 0.05) is 6.07 Å². The number of halogens is 2. The van der Waals surface area contributed by atoms with Gasteiger partial charge in [0.05, 0.1) is 16.7 Å². The molecule has 1 amide bonds. The molecule has 3 nitrogen and oxygen atoms in total. The van der Waals surface area contributed by atoms with Crippen LogP contribution in [0.5, 0.6) is 0 Å². The van der Waals surface area contributed by atoms with Gasteiger partial charge in [0.1, 0.15) is 11.6 Å². The standard InChI is InChI=1S/C13H17F2NO2/c1-12(2,13(3,4)18)16-11(17)9-6-5-8(14)7-10(9)15/h5-7,18H,1-4H3,(H,16,17). The molecule has 1 aromatic rings. The molecule has 2 N–H and O–H groups in total. The summed E-state index contributed by atoms with van der Waals surface area (Å²) >= 11 is 0. The van der Waals surface area contributed by atoms with E-state index in [-0.39, 0.29) is 5.56 Å². The number of hydrogen-bond acceptors (Lipinski definition) is 2. The zero-order chi connectivity index (χ0) is 14.1. The van der Waals surface area contributed by atoms with Crippen LogP contribution in [0.25, 0.3) is 0 Å². The molecule has 100 valence electrons. The van der Waals surface area contributed by atoms with Gasteiger partial charge < -0.3 is 10.4 Å². The van der Waals surface area contributed by atoms with Gasteiger partial charge in [-0.3, -0.25) is 4.79 Å². The predicted octanol–water partition coefficient (Wildman–Crippen LogP) is 2.24. The minimum absolute atomic E-state index is 0.256. The molecule has 1 aromatic carbocycles. The van der Waals surface area contributed by atoms with Crippen molar-refractivity contribution in [3.05, 3.63) is 35.4 Å². The normalized spacial score (nSPS) is 12.4. The van der Waals surface area contributed by atoms with E-state index in [0.29, 0.717) is 6.07 Å². The number of carbonyl (C=O) groups excluding carboxylic acids is 1. The van der Waals surface area contributed by atoms with Crippen LogP contribution < -0.4 is 5.32 Å². The minimum Gasteiger partial charge on any atom is -0.388 e. The minimum atomic E-state index is -1.18. The van der Waals surface area contributed by atoms with Crippen molar-refractivity contribution in [2.75, 3.05) is 0 Å². The molecule has 0 aliphatic heterocycles. The molecular formula is C13H17F2NO2. The average molecular weight is 257 g/mol. The van der Waals surface area contributed by atoms with Crippen molar-refractivity contribution in [2.45, 2.75) is 38.8 Å². The molecule has 0 heterocycles. The fourth-order valence-corrected chi connectivity index (χ4v) is 1.18. The van der Waals surface area contributed by atoms with E-state index >= 15 is 0 Å². The number of nitrogens with one attached hydrogen (secondary N) is 1. The van der Waals surface area contributed by atoms with E-state index < -0.39 is 28.7 Å². The maximum Gasteiger partial charge on any atom is 0.254 e. The Morgan fingerprint density at radius 1 is 1.22 bits per heavy atom. The molecule has 0 atom stereocenters. The fourth-order valence-electron chi connectivity index (χ4n) is 1.18. The summed E-state index contributed by atoms with van der Waals surface area (Å²) in [6.07, 6.45) is 0. The summed E-state index contributed by atoms with van der Waals surface area (Å²) in [5.41, 5.74) is -2.39. The Bertz CT molecular complexity index is 465. The molecular weight excluding hydrogens is 240 g/mol. The number of hydrogen-bond donors (Lipinski definition) is 2. The molecule has 18 heavy (non-hydrogen) atoms. The lowest BCUT2D eigenvalue weighted by Gasteiger charge is -2.38. The summed E-state index contributed by atoms with van der Waals surface area (Å²) in [6, 6.07) is 2.72. The Morgan fingerprint density at radius 3 is 2.22 bits per heavy atom. The second-order valence-electron chi connectivity index (χ2n) is 5.26. The molecule has 0 spiro atoms. The number of amides is 1. The third-order valence-electron chi connectivity index (χ3n) is 3.13. The molecule has 0 bridgehead atoms. The van der Waals surface area contributed by atoms with Gasteiger partial charge in [-0.1, -0.05) is 0 Å². The topological polar surface area (TPSA) is 49.3 Å². The van der Waals surface area contributed by atoms with Gasteiger partial charge in [0.15, 0.2) is 0 Å². The molecule has 0 unspecified atom stereocenters. The first-order valence-electron chi connectivity index (χ1n) is 5.54. The maximum absolute atomic E-state index is 13.4. The molecule has 0 aliphatic carbocycles. The summed E-state index contributed by atoms with van der Waals surface area (Å²) in [6.45, 7) is 6.31. The van der Waals surface area contributed by atoms with Crippen molar-refractivity contribution in [3.8, 4) is 0 Å². The van der Waals surface area contributed by atoms with Crippen molar-refractivity contribution in [1.29, 1.82) is 0 Å². The molecule has 0 saturated carbocycles. The van der Waals surface area contributed by atoms with E-state index in [1.165, 1.54) is 13.8 Å². The largest absolute Gasteiger partial charge is 0.388 e. The highest BCUT2D eigenvalue weighted by atomic mass is 19.1. The van der Waals surface area contributed by atoms with Crippen LogP contribution in [0.4, 0.5) is 8.78 Å². The van der Waals surface area contributed by atoms with Crippen LogP contribution in [-0.2, 0) is 0 Å². The van der Waals surface area contributed by atoms with Gasteiger partial charge >= 0.3 is 0 Å². The van der Waals surface area contributed by atoms with E-state index in [0.717, 1.165) is 12.1 Å². The summed E-state index contributed by atoms with van der Waals surface area (Å²) in [4.78, 5) is 11.9. The lowest BCUT2D eigenvalue weighted by molar-refractivity contribution is -0.00301. The SMILES string of the molecule is CC(C)(O)C(C)(C)NC(=O)c1ccc(F)cc1F. The lowest BCUT2D eigenvalue weighted by atomic mass is 9.85. The molecule has 5 heteroatoms. The quantitative estimate of drug-likeness (QED) is 0.872. The van der Waals surface area contributed by atoms with Crippen molar-refractivity contribution >= 4 is 5.91 Å². The Hall–Kier alpha value is -1.49. The summed E-state index contributed by atoms with van der Waals surface area (Å²) in [7, 11) is 0. The molecule has 0 saturated heterocycles. The molecule has 0 radical (unpaired) electrons. The molecule has 0 aliphatic rings. The van der Waals surface area contributed by atoms with Gasteiger partial charge in [-0.05, 0) is 39.8 Å². The van der Waals surface area contributed by atoms with E-state index in [4.69, 9.17) is 0 Å². The van der Waals surface area contributed by atoms with Gasteiger partial charge in [-0.2, -0.15) is 0 Å². The van der Waals surface area contributed by atoms with Crippen molar-refractivity contribution in [3.63, 3.8) is 0 Å². The second kappa shape index (κ2) is 4.65. The van der Waals surface area contributed by atoms with E-state index in [2.05, 4.69) is 5.32 Å². The summed E-state index contributed by atoms with van der Waals surface area (Å²) in [5.74, 6) is -2.37. The maximum atomic E-state index is 13.4. The zero-order valence-corrected chi connectivity index (χ0v) is 10.8. The number of benzene rings is 1. The van der Waals surface area contributed by atoms with E-state index in [1.54, 1.807) is 13.8 Å². The molecule has 1 rings (SSSR count). The highest BCUT2D eigenvalue weighted by Gasteiger charge is 2.36. The molecule has 0 aromatic heterocycles. The highest BCUT2D eigenvalue weighted by Crippen LogP contribution is 2.21. The third-order valence-corrected chi connectivity index (χ3v) is 3.13. The van der Waals surface area contributed by atoms with Crippen LogP contribution in [0.15, 0.2) is 18.2 Å². The number of carbonyl (C=O) groups is 1. The average Bonchev–Trinajstić information content (AvgIpc) is 2.14. The van der Waals surface area contributed by atoms with Gasteiger partial charge in [-0.15, -0.1) is 0 Å². The first kappa shape index (κ1) is 14.6. The van der Waals surface area contributed by atoms with Crippen LogP contribution in [0, 0.1) is 11.6 Å². The second-order valence-corrected chi connectivity index (χ2v) is 5.26. The van der Waals surface area contributed by atoms with Gasteiger partial charge in [-0.25, -0.2) is 8.78 Å². The smallest absolute Gasteiger partial charge is 0.254 e. The van der Waals surface area contributed by atoms with E-state index in [9.17, 15) is 18.7 Å². The highest BCUT2D eigenvalue weighted by molar-refractivity contribution is 5.95. The van der Waals surface area contributed by atoms with Crippen LogP contribution in [0.2, 0.25) is 0 Å². The number of rotatable bonds is 3. The predicted molar refractivity (Wildman–Crippen MR) is 64.2 cm³/mol. The van der Waals surface area contributed by atoms with Crippen molar-refractivity contribution in [1.82, 2.24) is 5.32 Å². The Labute approximate surface area is 105 Å². The Balaban J connectivity index is 2.96. The van der Waals surface area contributed by atoms with E-state index in [1.807, 2.05) is 0 Å². The van der Waals surface area contributed by atoms with Gasteiger partial charge in [0.25, 0.3) is 5.91 Å². The van der Waals surface area contributed by atoms with Crippen LogP contribution >= 0.6 is 0 Å². The fraction of sp³-hybridized carbons (Fsp3) is 0.462. The van der Waals surface area contributed by atoms with Crippen LogP contribution in [0.3, 0.4) is 0 Å². The first-order valence-corrected chi connectivity index (χ1v) is 5.54. The van der Waals surface area contributed by atoms with Gasteiger partial charge in [0.2, 0.25) is 0 Å². The number of aliphatic hydroxyl groups is 1. The van der Waals surface area contributed by atoms with Crippen LogP contribution in [0.1, 0.15) is 38.1 Å². The third kappa shape index (κ3) is 3.04. The van der Waals surface area contributed by atoms with Crippen LogP contribution in [-0.4, -0.2) is 22.2 Å². The monoisotopic (exact) mass is 257 g/mol. The first-order chi connectivity index (χ1) is 8.04. The lowest BCUT2D eigenvalue weighted by Crippen LogP contribution is -2.57. The van der Waals surface area contributed by atoms with Crippen molar-refractivity contribution in [2.24, 2.45) is 0 Å². The Kier molecular flexibility index (Phi) is 3.76. The van der Waals surface area contributed by atoms with Crippen molar-refractivity contribution < 1.29 is 18.7 Å². The molecule has 0 fully saturated rings. The zero-order valence-electron chi connectivity index (χ0n) is 10.8. The Morgan fingerprint density at radius 2 is 1.78 bits per heavy atom. The summed E-state index contributed by atoms with van der Waals surface area (Å²) < 4.78 is 26.1.